The van der Waals surface area contributed by atoms with Gasteiger partial charge in [-0.15, -0.1) is 0 Å². The number of sulfonamides is 1. The molecule has 182 valence electrons. The fourth-order valence-corrected chi connectivity index (χ4v) is 5.78. The average Bonchev–Trinajstić information content (AvgIpc) is 3.12. The van der Waals surface area contributed by atoms with Crippen LogP contribution in [0.5, 0.6) is 11.5 Å². The number of piperazine rings is 1. The molecule has 2 fully saturated rings. The van der Waals surface area contributed by atoms with Crippen molar-refractivity contribution in [2.45, 2.75) is 17.4 Å². The van der Waals surface area contributed by atoms with Crippen LogP contribution in [0.4, 0.5) is 14.5 Å². The van der Waals surface area contributed by atoms with Crippen LogP contribution in [0, 0.1) is 11.6 Å². The minimum absolute atomic E-state index is 0.0676. The fourth-order valence-electron chi connectivity index (χ4n) is 4.25. The minimum atomic E-state index is -4.39. The number of anilines is 1. The standard InChI is InChI=1S/C22H23F2N3O6S/c1-32-18-7-6-14(12-19(18)33-2)27-20(28)13-17(22(27)29)25-8-10-26(11-9-25)34(30,31)21-15(23)4-3-5-16(21)24/h3-7,12,17H,8-11,13H2,1-2H3/t17-/m1/s1. The second-order valence-corrected chi connectivity index (χ2v) is 9.69. The average molecular weight is 496 g/mol. The highest BCUT2D eigenvalue weighted by atomic mass is 32.2. The summed E-state index contributed by atoms with van der Waals surface area (Å²) in [5.74, 6) is -2.35. The number of carbonyl (C=O) groups is 2. The molecular formula is C22H23F2N3O6S. The zero-order valence-electron chi connectivity index (χ0n) is 18.5. The molecule has 34 heavy (non-hydrogen) atoms. The van der Waals surface area contributed by atoms with Gasteiger partial charge in [-0.2, -0.15) is 4.31 Å². The van der Waals surface area contributed by atoms with Gasteiger partial charge in [0.2, 0.25) is 15.9 Å². The van der Waals surface area contributed by atoms with Gasteiger partial charge in [0, 0.05) is 32.2 Å². The molecule has 0 aliphatic carbocycles. The summed E-state index contributed by atoms with van der Waals surface area (Å²) in [7, 11) is -1.48. The lowest BCUT2D eigenvalue weighted by Gasteiger charge is -2.36. The molecule has 0 saturated carbocycles. The van der Waals surface area contributed by atoms with Crippen molar-refractivity contribution in [1.82, 2.24) is 9.21 Å². The molecule has 2 saturated heterocycles. The number of nitrogens with zero attached hydrogens (tertiary/aromatic N) is 3. The molecular weight excluding hydrogens is 472 g/mol. The van der Waals surface area contributed by atoms with Gasteiger partial charge < -0.3 is 9.47 Å². The summed E-state index contributed by atoms with van der Waals surface area (Å²) >= 11 is 0. The molecule has 0 N–H and O–H groups in total. The van der Waals surface area contributed by atoms with Gasteiger partial charge in [-0.1, -0.05) is 6.07 Å². The summed E-state index contributed by atoms with van der Waals surface area (Å²) < 4.78 is 65.1. The van der Waals surface area contributed by atoms with E-state index in [2.05, 4.69) is 0 Å². The second kappa shape index (κ2) is 9.28. The van der Waals surface area contributed by atoms with E-state index in [9.17, 15) is 26.8 Å². The molecule has 2 aliphatic rings. The zero-order valence-corrected chi connectivity index (χ0v) is 19.3. The summed E-state index contributed by atoms with van der Waals surface area (Å²) in [6, 6.07) is 6.80. The zero-order chi connectivity index (χ0) is 24.6. The Bertz CT molecular complexity index is 1210. The van der Waals surface area contributed by atoms with E-state index in [1.807, 2.05) is 0 Å². The molecule has 2 heterocycles. The van der Waals surface area contributed by atoms with Crippen molar-refractivity contribution >= 4 is 27.5 Å². The van der Waals surface area contributed by atoms with Crippen LogP contribution in [-0.2, 0) is 19.6 Å². The number of ether oxygens (including phenoxy) is 2. The van der Waals surface area contributed by atoms with Crippen molar-refractivity contribution in [1.29, 1.82) is 0 Å². The predicted octanol–water partition coefficient (Wildman–Crippen LogP) is 1.62. The van der Waals surface area contributed by atoms with Crippen molar-refractivity contribution in [2.24, 2.45) is 0 Å². The minimum Gasteiger partial charge on any atom is -0.493 e. The number of amides is 2. The summed E-state index contributed by atoms with van der Waals surface area (Å²) in [6.45, 7) is 0.0897. The summed E-state index contributed by atoms with van der Waals surface area (Å²) in [6.07, 6.45) is -0.0676. The first-order chi connectivity index (χ1) is 16.2. The van der Waals surface area contributed by atoms with E-state index in [-0.39, 0.29) is 32.6 Å². The van der Waals surface area contributed by atoms with Crippen LogP contribution in [0.25, 0.3) is 0 Å². The molecule has 2 aliphatic heterocycles. The van der Waals surface area contributed by atoms with Gasteiger partial charge in [-0.25, -0.2) is 22.1 Å². The maximum atomic E-state index is 14.1. The van der Waals surface area contributed by atoms with E-state index in [1.54, 1.807) is 17.0 Å². The molecule has 0 aromatic heterocycles. The summed E-state index contributed by atoms with van der Waals surface area (Å²) in [5.41, 5.74) is 0.339. The lowest BCUT2D eigenvalue weighted by atomic mass is 10.2. The first kappa shape index (κ1) is 24.0. The molecule has 2 aromatic rings. The van der Waals surface area contributed by atoms with Gasteiger partial charge >= 0.3 is 0 Å². The topological polar surface area (TPSA) is 96.5 Å². The van der Waals surface area contributed by atoms with E-state index in [4.69, 9.17) is 9.47 Å². The van der Waals surface area contributed by atoms with Gasteiger partial charge in [0.05, 0.1) is 32.4 Å². The van der Waals surface area contributed by atoms with E-state index < -0.39 is 44.4 Å². The van der Waals surface area contributed by atoms with E-state index in [0.29, 0.717) is 17.2 Å². The smallest absolute Gasteiger partial charge is 0.251 e. The van der Waals surface area contributed by atoms with Crippen molar-refractivity contribution in [3.8, 4) is 11.5 Å². The van der Waals surface area contributed by atoms with Crippen molar-refractivity contribution in [2.75, 3.05) is 45.3 Å². The number of halogens is 2. The van der Waals surface area contributed by atoms with Crippen molar-refractivity contribution < 1.29 is 36.3 Å². The summed E-state index contributed by atoms with van der Waals surface area (Å²) in [4.78, 5) is 27.6. The highest BCUT2D eigenvalue weighted by Gasteiger charge is 2.44. The molecule has 0 spiro atoms. The maximum Gasteiger partial charge on any atom is 0.251 e. The number of imide groups is 1. The Hall–Kier alpha value is -3.09. The predicted molar refractivity (Wildman–Crippen MR) is 117 cm³/mol. The van der Waals surface area contributed by atoms with Crippen LogP contribution < -0.4 is 14.4 Å². The van der Waals surface area contributed by atoms with Crippen LogP contribution in [0.1, 0.15) is 6.42 Å². The van der Waals surface area contributed by atoms with Crippen molar-refractivity contribution in [3.63, 3.8) is 0 Å². The Kier molecular flexibility index (Phi) is 6.56. The molecule has 2 aromatic carbocycles. The first-order valence-corrected chi connectivity index (χ1v) is 11.9. The highest BCUT2D eigenvalue weighted by molar-refractivity contribution is 7.89. The van der Waals surface area contributed by atoms with Crippen LogP contribution in [0.15, 0.2) is 41.3 Å². The third-order valence-corrected chi connectivity index (χ3v) is 7.93. The molecule has 0 radical (unpaired) electrons. The Morgan fingerprint density at radius 3 is 2.12 bits per heavy atom. The molecule has 9 nitrogen and oxygen atoms in total. The fraction of sp³-hybridized carbons (Fsp3) is 0.364. The Balaban J connectivity index is 1.48. The molecule has 1 atom stereocenters. The van der Waals surface area contributed by atoms with E-state index in [0.717, 1.165) is 27.4 Å². The second-order valence-electron chi connectivity index (χ2n) is 7.82. The highest BCUT2D eigenvalue weighted by Crippen LogP contribution is 2.34. The monoisotopic (exact) mass is 495 g/mol. The maximum absolute atomic E-state index is 14.1. The Morgan fingerprint density at radius 1 is 0.912 bits per heavy atom. The molecule has 0 bridgehead atoms. The number of methoxy groups -OCH3 is 2. The van der Waals surface area contributed by atoms with Crippen molar-refractivity contribution in [3.05, 3.63) is 48.0 Å². The third kappa shape index (κ3) is 4.12. The molecule has 2 amide bonds. The number of carbonyl (C=O) groups excluding carboxylic acids is 2. The Labute approximate surface area is 195 Å². The van der Waals surface area contributed by atoms with Gasteiger partial charge in [0.15, 0.2) is 16.4 Å². The lowest BCUT2D eigenvalue weighted by molar-refractivity contribution is -0.123. The lowest BCUT2D eigenvalue weighted by Crippen LogP contribution is -2.53. The van der Waals surface area contributed by atoms with E-state index in [1.165, 1.54) is 20.3 Å². The number of hydrogen-bond acceptors (Lipinski definition) is 7. The number of benzene rings is 2. The molecule has 0 unspecified atom stereocenters. The SMILES string of the molecule is COc1ccc(N2C(=O)C[C@@H](N3CCN(S(=O)(=O)c4c(F)cccc4F)CC3)C2=O)cc1OC. The van der Waals surface area contributed by atoms with Crippen LogP contribution >= 0.6 is 0 Å². The van der Waals surface area contributed by atoms with E-state index >= 15 is 0 Å². The summed E-state index contributed by atoms with van der Waals surface area (Å²) in [5, 5.41) is 0. The first-order valence-electron chi connectivity index (χ1n) is 10.5. The van der Waals surface area contributed by atoms with Gasteiger partial charge in [0.1, 0.15) is 11.6 Å². The van der Waals surface area contributed by atoms with Gasteiger partial charge in [-0.05, 0) is 24.3 Å². The van der Waals surface area contributed by atoms with Gasteiger partial charge in [0.25, 0.3) is 5.91 Å². The Morgan fingerprint density at radius 2 is 1.53 bits per heavy atom. The molecule has 12 heteroatoms. The number of hydrogen-bond donors (Lipinski definition) is 0. The molecule has 4 rings (SSSR count). The van der Waals surface area contributed by atoms with Gasteiger partial charge in [-0.3, -0.25) is 14.5 Å². The van der Waals surface area contributed by atoms with Crippen LogP contribution in [0.2, 0.25) is 0 Å². The normalized spacial score (nSPS) is 20.1. The quantitative estimate of drug-likeness (QED) is 0.562. The number of rotatable bonds is 6. The van der Waals surface area contributed by atoms with Crippen LogP contribution in [-0.4, -0.2) is 75.9 Å². The van der Waals surface area contributed by atoms with Crippen LogP contribution in [0.3, 0.4) is 0 Å². The third-order valence-electron chi connectivity index (χ3n) is 5.98. The largest absolute Gasteiger partial charge is 0.493 e.